The number of hydrogen-bond donors (Lipinski definition) is 0. The van der Waals surface area contributed by atoms with Crippen molar-refractivity contribution in [2.24, 2.45) is 0 Å². The topological polar surface area (TPSA) is 0 Å². The van der Waals surface area contributed by atoms with Gasteiger partial charge in [0.15, 0.2) is 0 Å². The highest BCUT2D eigenvalue weighted by Gasteiger charge is 2.20. The second-order valence-corrected chi connectivity index (χ2v) is 12.2. The molecule has 0 saturated carbocycles. The Hall–Kier alpha value is -1.46. The predicted octanol–water partition coefficient (Wildman–Crippen LogP) is 8.93. The Kier molecular flexibility index (Phi) is 3.04. The third-order valence-corrected chi connectivity index (χ3v) is 9.69. The van der Waals surface area contributed by atoms with Gasteiger partial charge in [-0.2, -0.15) is 0 Å². The summed E-state index contributed by atoms with van der Waals surface area (Å²) >= 11 is 7.81. The summed E-state index contributed by atoms with van der Waals surface area (Å²) in [6.07, 6.45) is 0. The van der Waals surface area contributed by atoms with Gasteiger partial charge in [-0.3, -0.25) is 0 Å². The van der Waals surface area contributed by atoms with E-state index in [4.69, 9.17) is 0 Å². The minimum Gasteiger partial charge on any atom is -0.139 e. The zero-order valence-electron chi connectivity index (χ0n) is 14.9. The molecule has 0 radical (unpaired) electrons. The van der Waals surface area contributed by atoms with Crippen LogP contribution >= 0.6 is 45.3 Å². The maximum atomic E-state index is 2.41. The predicted molar refractivity (Wildman–Crippen MR) is 124 cm³/mol. The lowest BCUT2D eigenvalue weighted by molar-refractivity contribution is 1.65. The van der Waals surface area contributed by atoms with Crippen LogP contribution in [0.15, 0.2) is 24.3 Å². The summed E-state index contributed by atoms with van der Waals surface area (Å²) in [5.74, 6) is 0. The van der Waals surface area contributed by atoms with Crippen LogP contribution in [0, 0.1) is 27.7 Å². The van der Waals surface area contributed by atoms with E-state index >= 15 is 0 Å². The Morgan fingerprint density at radius 3 is 0.885 bits per heavy atom. The first kappa shape index (κ1) is 15.6. The molecule has 0 unspecified atom stereocenters. The Bertz CT molecular complexity index is 1290. The van der Waals surface area contributed by atoms with Gasteiger partial charge in [0.05, 0.1) is 18.8 Å². The fraction of sp³-hybridized carbons (Fsp3) is 0.182. The summed E-state index contributed by atoms with van der Waals surface area (Å²) in [6.45, 7) is 8.97. The zero-order valence-corrected chi connectivity index (χ0v) is 18.2. The molecule has 0 saturated heterocycles. The molecule has 4 heterocycles. The zero-order chi connectivity index (χ0) is 17.7. The molecule has 0 aliphatic carbocycles. The summed E-state index contributed by atoms with van der Waals surface area (Å²) in [5, 5.41) is 8.74. The Morgan fingerprint density at radius 1 is 0.423 bits per heavy atom. The molecule has 0 N–H and O–H groups in total. The summed E-state index contributed by atoms with van der Waals surface area (Å²) < 4.78 is 5.89. The van der Waals surface area contributed by atoms with Gasteiger partial charge in [-0.1, -0.05) is 0 Å². The first-order valence-corrected chi connectivity index (χ1v) is 12.0. The van der Waals surface area contributed by atoms with Crippen molar-refractivity contribution in [3.8, 4) is 0 Å². The van der Waals surface area contributed by atoms with Crippen molar-refractivity contribution >= 4 is 96.5 Å². The van der Waals surface area contributed by atoms with E-state index in [0.29, 0.717) is 0 Å². The highest BCUT2D eigenvalue weighted by molar-refractivity contribution is 7.29. The number of hydrogen-bond acceptors (Lipinski definition) is 4. The largest absolute Gasteiger partial charge is 0.139 e. The van der Waals surface area contributed by atoms with Crippen LogP contribution in [0.5, 0.6) is 0 Å². The number of thiophene rings is 4. The molecule has 0 bridgehead atoms. The number of benzene rings is 2. The van der Waals surface area contributed by atoms with E-state index in [-0.39, 0.29) is 0 Å². The van der Waals surface area contributed by atoms with Crippen LogP contribution in [0.4, 0.5) is 0 Å². The van der Waals surface area contributed by atoms with E-state index in [2.05, 4.69) is 52.0 Å². The third kappa shape index (κ3) is 1.88. The van der Waals surface area contributed by atoms with E-state index in [9.17, 15) is 0 Å². The van der Waals surface area contributed by atoms with Crippen LogP contribution in [-0.2, 0) is 0 Å². The van der Waals surface area contributed by atoms with Crippen molar-refractivity contribution in [3.05, 3.63) is 43.8 Å². The van der Waals surface area contributed by atoms with Crippen molar-refractivity contribution in [1.29, 1.82) is 0 Å². The molecule has 0 amide bonds. The summed E-state index contributed by atoms with van der Waals surface area (Å²) in [5.41, 5.74) is 0. The Balaban J connectivity index is 2.11. The van der Waals surface area contributed by atoms with Gasteiger partial charge in [-0.25, -0.2) is 0 Å². The lowest BCUT2D eigenvalue weighted by Crippen LogP contribution is -1.79. The molecule has 26 heavy (non-hydrogen) atoms. The fourth-order valence-corrected chi connectivity index (χ4v) is 8.69. The highest BCUT2D eigenvalue weighted by atomic mass is 32.1. The average Bonchev–Trinajstić information content (AvgIpc) is 3.30. The molecule has 128 valence electrons. The maximum Gasteiger partial charge on any atom is 0.0530 e. The van der Waals surface area contributed by atoms with Gasteiger partial charge in [-0.05, 0) is 52.0 Å². The molecule has 6 rings (SSSR count). The second kappa shape index (κ2) is 5.08. The van der Waals surface area contributed by atoms with Gasteiger partial charge >= 0.3 is 0 Å². The minimum atomic E-state index is 1.40. The smallest absolute Gasteiger partial charge is 0.0530 e. The van der Waals surface area contributed by atoms with Crippen LogP contribution in [0.2, 0.25) is 0 Å². The van der Waals surface area contributed by atoms with Crippen LogP contribution in [0.1, 0.15) is 19.5 Å². The molecule has 0 atom stereocenters. The SMILES string of the molecule is Cc1cc2c(s1)c1sc(C)cc1c1c3cc(C)sc3c3sc(C)cc3c21. The number of fused-ring (bicyclic) bond motifs is 11. The maximum absolute atomic E-state index is 2.41. The molecule has 0 fully saturated rings. The molecule has 0 aliphatic heterocycles. The van der Waals surface area contributed by atoms with Crippen LogP contribution in [-0.4, -0.2) is 0 Å². The first-order chi connectivity index (χ1) is 12.5. The standard InChI is InChI=1S/C22H16S4/c1-9-5-13-17-14-6-11(3)25-21(14)22-16(8-12(4)26-22)18(17)15-7-10(2)24-20(15)19(13)23-9/h5-8H,1-4H3. The van der Waals surface area contributed by atoms with Gasteiger partial charge < -0.3 is 0 Å². The van der Waals surface area contributed by atoms with E-state index in [0.717, 1.165) is 0 Å². The van der Waals surface area contributed by atoms with Gasteiger partial charge in [0.1, 0.15) is 0 Å². The highest BCUT2D eigenvalue weighted by Crippen LogP contribution is 2.51. The Labute approximate surface area is 167 Å². The molecule has 4 aromatic heterocycles. The molecular formula is C22H16S4. The van der Waals surface area contributed by atoms with Crippen molar-refractivity contribution < 1.29 is 0 Å². The molecule has 2 aromatic carbocycles. The van der Waals surface area contributed by atoms with Crippen LogP contribution in [0.25, 0.3) is 51.1 Å². The molecule has 0 nitrogen and oxygen atoms in total. The van der Waals surface area contributed by atoms with Gasteiger partial charge in [0.2, 0.25) is 0 Å². The molecule has 4 heteroatoms. The first-order valence-electron chi connectivity index (χ1n) is 8.69. The Morgan fingerprint density at radius 2 is 0.654 bits per heavy atom. The van der Waals surface area contributed by atoms with Crippen molar-refractivity contribution in [1.82, 2.24) is 0 Å². The molecule has 0 spiro atoms. The molecular weight excluding hydrogens is 393 g/mol. The minimum absolute atomic E-state index is 1.40. The van der Waals surface area contributed by atoms with Crippen molar-refractivity contribution in [2.45, 2.75) is 27.7 Å². The van der Waals surface area contributed by atoms with E-state index in [1.54, 1.807) is 0 Å². The van der Waals surface area contributed by atoms with E-state index in [1.165, 1.54) is 70.6 Å². The van der Waals surface area contributed by atoms with E-state index < -0.39 is 0 Å². The summed E-state index contributed by atoms with van der Waals surface area (Å²) in [7, 11) is 0. The lowest BCUT2D eigenvalue weighted by Gasteiger charge is -2.07. The molecule has 6 aromatic rings. The van der Waals surface area contributed by atoms with Gasteiger partial charge in [0, 0.05) is 51.8 Å². The van der Waals surface area contributed by atoms with Crippen molar-refractivity contribution in [3.63, 3.8) is 0 Å². The van der Waals surface area contributed by atoms with Crippen molar-refractivity contribution in [2.75, 3.05) is 0 Å². The van der Waals surface area contributed by atoms with Gasteiger partial charge in [-0.15, -0.1) is 45.3 Å². The fourth-order valence-electron chi connectivity index (χ4n) is 4.30. The quantitative estimate of drug-likeness (QED) is 0.235. The second-order valence-electron chi connectivity index (χ2n) is 7.15. The number of rotatable bonds is 0. The average molecular weight is 409 g/mol. The molecule has 0 aliphatic rings. The lowest BCUT2D eigenvalue weighted by atomic mass is 9.97. The van der Waals surface area contributed by atoms with Crippen LogP contribution in [0.3, 0.4) is 0 Å². The monoisotopic (exact) mass is 408 g/mol. The third-order valence-electron chi connectivity index (χ3n) is 5.16. The van der Waals surface area contributed by atoms with Crippen LogP contribution < -0.4 is 0 Å². The summed E-state index contributed by atoms with van der Waals surface area (Å²) in [4.78, 5) is 5.62. The van der Waals surface area contributed by atoms with E-state index in [1.807, 2.05) is 45.3 Å². The van der Waals surface area contributed by atoms with Gasteiger partial charge in [0.25, 0.3) is 0 Å². The summed E-state index contributed by atoms with van der Waals surface area (Å²) in [6, 6.07) is 9.64. The normalized spacial score (nSPS) is 12.6. The number of aryl methyl sites for hydroxylation is 4.